The van der Waals surface area contributed by atoms with Crippen molar-refractivity contribution in [3.63, 3.8) is 0 Å². The number of nitrogens with one attached hydrogen (secondary N) is 1. The van der Waals surface area contributed by atoms with E-state index in [0.717, 1.165) is 18.2 Å². The molecule has 3 heterocycles. The number of hydrogen-bond donors (Lipinski definition) is 1. The number of alkyl halides is 1. The molecule has 164 valence electrons. The van der Waals surface area contributed by atoms with Crippen LogP contribution in [0.25, 0.3) is 10.9 Å². The lowest BCUT2D eigenvalue weighted by Crippen LogP contribution is -2.26. The molecule has 0 radical (unpaired) electrons. The number of benzene rings is 1. The van der Waals surface area contributed by atoms with Gasteiger partial charge in [-0.2, -0.15) is 0 Å². The Kier molecular flexibility index (Phi) is 7.11. The standard InChI is InChI=1S/C21H22Cl2N4O4/c1-28-19-10-16(15(23)11-24-19)27-21-20-17(25-12-26-21)8-14(30-7-4-22)9-18(20)31-13-2-5-29-6-3-13/h8-13H,2-7H2,1H3,(H,24,25,26,27). The Balaban J connectivity index is 1.76. The minimum atomic E-state index is 0.0258. The third-order valence-electron chi connectivity index (χ3n) is 4.78. The summed E-state index contributed by atoms with van der Waals surface area (Å²) in [7, 11) is 1.54. The van der Waals surface area contributed by atoms with E-state index in [-0.39, 0.29) is 6.10 Å². The number of hydrogen-bond acceptors (Lipinski definition) is 8. The lowest BCUT2D eigenvalue weighted by molar-refractivity contribution is 0.0261. The van der Waals surface area contributed by atoms with E-state index in [9.17, 15) is 0 Å². The molecule has 0 spiro atoms. The van der Waals surface area contributed by atoms with Crippen molar-refractivity contribution in [1.29, 1.82) is 0 Å². The van der Waals surface area contributed by atoms with Crippen molar-refractivity contribution >= 4 is 45.6 Å². The summed E-state index contributed by atoms with van der Waals surface area (Å²) in [5.41, 5.74) is 1.27. The summed E-state index contributed by atoms with van der Waals surface area (Å²) in [4.78, 5) is 13.0. The van der Waals surface area contributed by atoms with Gasteiger partial charge in [0.2, 0.25) is 5.88 Å². The van der Waals surface area contributed by atoms with Gasteiger partial charge in [0.15, 0.2) is 0 Å². The predicted octanol–water partition coefficient (Wildman–Crippen LogP) is 4.61. The maximum atomic E-state index is 6.36. The lowest BCUT2D eigenvalue weighted by atomic mass is 10.1. The van der Waals surface area contributed by atoms with E-state index in [2.05, 4.69) is 20.3 Å². The highest BCUT2D eigenvalue weighted by Crippen LogP contribution is 2.38. The van der Waals surface area contributed by atoms with Crippen LogP contribution in [-0.2, 0) is 4.74 Å². The van der Waals surface area contributed by atoms with Crippen molar-refractivity contribution in [3.05, 3.63) is 35.7 Å². The van der Waals surface area contributed by atoms with Gasteiger partial charge in [-0.3, -0.25) is 0 Å². The monoisotopic (exact) mass is 464 g/mol. The normalized spacial score (nSPS) is 14.4. The Labute approximate surface area is 189 Å². The number of ether oxygens (including phenoxy) is 4. The molecule has 0 atom stereocenters. The number of rotatable bonds is 8. The fourth-order valence-electron chi connectivity index (χ4n) is 3.28. The minimum Gasteiger partial charge on any atom is -0.492 e. The van der Waals surface area contributed by atoms with Crippen LogP contribution >= 0.6 is 23.2 Å². The number of anilines is 2. The highest BCUT2D eigenvalue weighted by molar-refractivity contribution is 6.33. The highest BCUT2D eigenvalue weighted by Gasteiger charge is 2.20. The molecule has 8 nitrogen and oxygen atoms in total. The van der Waals surface area contributed by atoms with Gasteiger partial charge in [0, 0.05) is 31.0 Å². The molecule has 1 N–H and O–H groups in total. The van der Waals surface area contributed by atoms with Gasteiger partial charge in [-0.05, 0) is 0 Å². The average Bonchev–Trinajstić information content (AvgIpc) is 2.80. The zero-order valence-corrected chi connectivity index (χ0v) is 18.4. The van der Waals surface area contributed by atoms with E-state index >= 15 is 0 Å². The summed E-state index contributed by atoms with van der Waals surface area (Å²) in [6.07, 6.45) is 4.62. The Morgan fingerprint density at radius 1 is 1.16 bits per heavy atom. The van der Waals surface area contributed by atoms with Crippen LogP contribution in [0.3, 0.4) is 0 Å². The smallest absolute Gasteiger partial charge is 0.215 e. The second-order valence-corrected chi connectivity index (χ2v) is 7.62. The quantitative estimate of drug-likeness (QED) is 0.483. The number of pyridine rings is 1. The fourth-order valence-corrected chi connectivity index (χ4v) is 3.51. The molecular weight excluding hydrogens is 443 g/mol. The molecule has 2 aromatic heterocycles. The first-order valence-corrected chi connectivity index (χ1v) is 10.8. The van der Waals surface area contributed by atoms with Crippen LogP contribution in [0, 0.1) is 0 Å². The molecule has 1 fully saturated rings. The molecule has 3 aromatic rings. The van der Waals surface area contributed by atoms with Gasteiger partial charge in [0.1, 0.15) is 36.4 Å². The summed E-state index contributed by atoms with van der Waals surface area (Å²) >= 11 is 12.1. The van der Waals surface area contributed by atoms with Crippen LogP contribution in [0.1, 0.15) is 12.8 Å². The van der Waals surface area contributed by atoms with E-state index in [0.29, 0.717) is 65.1 Å². The van der Waals surface area contributed by atoms with Crippen molar-refractivity contribution in [2.24, 2.45) is 0 Å². The first-order chi connectivity index (χ1) is 15.2. The first kappa shape index (κ1) is 21.7. The van der Waals surface area contributed by atoms with Gasteiger partial charge in [-0.15, -0.1) is 11.6 Å². The topological polar surface area (TPSA) is 87.6 Å². The average molecular weight is 465 g/mol. The molecule has 1 aliphatic rings. The third-order valence-corrected chi connectivity index (χ3v) is 5.23. The molecule has 0 bridgehead atoms. The molecule has 31 heavy (non-hydrogen) atoms. The van der Waals surface area contributed by atoms with Crippen LogP contribution in [0.4, 0.5) is 11.5 Å². The maximum Gasteiger partial charge on any atom is 0.215 e. The van der Waals surface area contributed by atoms with Gasteiger partial charge >= 0.3 is 0 Å². The Hall–Kier alpha value is -2.55. The van der Waals surface area contributed by atoms with Gasteiger partial charge in [0.25, 0.3) is 0 Å². The number of nitrogens with zero attached hydrogens (tertiary/aromatic N) is 3. The first-order valence-electron chi connectivity index (χ1n) is 9.86. The van der Waals surface area contributed by atoms with Crippen molar-refractivity contribution in [2.75, 3.05) is 38.1 Å². The number of halogens is 2. The zero-order chi connectivity index (χ0) is 21.6. The molecule has 10 heteroatoms. The molecule has 0 saturated carbocycles. The SMILES string of the molecule is COc1cc(Nc2ncnc3cc(OCCCl)cc(OC4CCOCC4)c23)c(Cl)cn1. The molecule has 4 rings (SSSR count). The van der Waals surface area contributed by atoms with Crippen LogP contribution in [0.15, 0.2) is 30.7 Å². The molecule has 1 aliphatic heterocycles. The van der Waals surface area contributed by atoms with Crippen molar-refractivity contribution in [2.45, 2.75) is 18.9 Å². The zero-order valence-electron chi connectivity index (χ0n) is 16.9. The van der Waals surface area contributed by atoms with Crippen LogP contribution < -0.4 is 19.5 Å². The summed E-state index contributed by atoms with van der Waals surface area (Å²) < 4.78 is 22.8. The van der Waals surface area contributed by atoms with E-state index in [1.807, 2.05) is 12.1 Å². The Morgan fingerprint density at radius 3 is 2.77 bits per heavy atom. The van der Waals surface area contributed by atoms with E-state index in [1.54, 1.807) is 13.2 Å². The Bertz CT molecular complexity index is 1050. The van der Waals surface area contributed by atoms with Gasteiger partial charge < -0.3 is 24.3 Å². The van der Waals surface area contributed by atoms with Gasteiger partial charge in [-0.25, -0.2) is 15.0 Å². The lowest BCUT2D eigenvalue weighted by Gasteiger charge is -2.24. The molecule has 0 aliphatic carbocycles. The van der Waals surface area contributed by atoms with Crippen molar-refractivity contribution in [3.8, 4) is 17.4 Å². The van der Waals surface area contributed by atoms with Crippen LogP contribution in [-0.4, -0.2) is 53.9 Å². The summed E-state index contributed by atoms with van der Waals surface area (Å²) in [6.45, 7) is 1.71. The molecule has 1 aromatic carbocycles. The van der Waals surface area contributed by atoms with Crippen LogP contribution in [0.2, 0.25) is 5.02 Å². The maximum absolute atomic E-state index is 6.36. The van der Waals surface area contributed by atoms with Crippen molar-refractivity contribution < 1.29 is 18.9 Å². The van der Waals surface area contributed by atoms with E-state index in [4.69, 9.17) is 42.1 Å². The highest BCUT2D eigenvalue weighted by atomic mass is 35.5. The molecule has 0 unspecified atom stereocenters. The second kappa shape index (κ2) is 10.2. The van der Waals surface area contributed by atoms with Gasteiger partial charge in [0.05, 0.1) is 54.0 Å². The van der Waals surface area contributed by atoms with Crippen molar-refractivity contribution in [1.82, 2.24) is 15.0 Å². The number of methoxy groups -OCH3 is 1. The summed E-state index contributed by atoms with van der Waals surface area (Å²) in [5.74, 6) is 2.61. The van der Waals surface area contributed by atoms with Crippen LogP contribution in [0.5, 0.6) is 17.4 Å². The minimum absolute atomic E-state index is 0.0258. The summed E-state index contributed by atoms with van der Waals surface area (Å²) in [6, 6.07) is 5.38. The second-order valence-electron chi connectivity index (χ2n) is 6.84. The molecule has 1 saturated heterocycles. The largest absolute Gasteiger partial charge is 0.492 e. The molecule has 0 amide bonds. The predicted molar refractivity (Wildman–Crippen MR) is 119 cm³/mol. The van der Waals surface area contributed by atoms with E-state index in [1.165, 1.54) is 12.5 Å². The fraction of sp³-hybridized carbons (Fsp3) is 0.381. The molecular formula is C21H22Cl2N4O4. The number of aromatic nitrogens is 3. The van der Waals surface area contributed by atoms with E-state index < -0.39 is 0 Å². The summed E-state index contributed by atoms with van der Waals surface area (Å²) in [5, 5.41) is 4.41. The third kappa shape index (κ3) is 5.20. The Morgan fingerprint density at radius 2 is 2.00 bits per heavy atom. The van der Waals surface area contributed by atoms with Gasteiger partial charge in [-0.1, -0.05) is 11.6 Å². The number of fused-ring (bicyclic) bond motifs is 1.